The van der Waals surface area contributed by atoms with Crippen LogP contribution in [-0.4, -0.2) is 49.6 Å². The number of H-pyrrole nitrogens is 1. The van der Waals surface area contributed by atoms with E-state index in [1.807, 2.05) is 0 Å². The van der Waals surface area contributed by atoms with Crippen molar-refractivity contribution in [2.24, 2.45) is 0 Å². The molecule has 0 bridgehead atoms. The summed E-state index contributed by atoms with van der Waals surface area (Å²) in [4.78, 5) is 18.4. The van der Waals surface area contributed by atoms with E-state index < -0.39 is 9.84 Å². The molecule has 0 unspecified atom stereocenters. The molecule has 0 spiro atoms. The number of aromatic nitrogens is 7. The first kappa shape index (κ1) is 23.2. The molecule has 0 aliphatic heterocycles. The number of para-hydroxylation sites is 1. The first-order valence-electron chi connectivity index (χ1n) is 10.2. The highest BCUT2D eigenvalue weighted by Gasteiger charge is 2.19. The molecule has 5 aromatic rings. The molecule has 0 saturated carbocycles. The van der Waals surface area contributed by atoms with Crippen molar-refractivity contribution >= 4 is 21.4 Å². The van der Waals surface area contributed by atoms with Crippen LogP contribution >= 0.6 is 11.6 Å². The van der Waals surface area contributed by atoms with E-state index in [0.717, 1.165) is 6.26 Å². The van der Waals surface area contributed by atoms with E-state index in [4.69, 9.17) is 16.0 Å². The normalized spacial score (nSPS) is 11.2. The fourth-order valence-corrected chi connectivity index (χ4v) is 3.98. The van der Waals surface area contributed by atoms with Crippen LogP contribution in [0.15, 0.2) is 75.0 Å². The molecule has 1 N–H and O–H groups in total. The van der Waals surface area contributed by atoms with Gasteiger partial charge in [-0.1, -0.05) is 28.8 Å². The number of nitrogens with zero attached hydrogens (tertiary/aromatic N) is 6. The van der Waals surface area contributed by atoms with Crippen molar-refractivity contribution in [3.8, 4) is 40.5 Å². The zero-order chi connectivity index (χ0) is 25.3. The zero-order valence-corrected chi connectivity index (χ0v) is 19.9. The number of hydrogen-bond donors (Lipinski definition) is 1. The van der Waals surface area contributed by atoms with E-state index in [1.165, 1.54) is 30.6 Å². The van der Waals surface area contributed by atoms with Gasteiger partial charge in [0, 0.05) is 36.2 Å². The maximum atomic E-state index is 11.8. The molecule has 0 atom stereocenters. The van der Waals surface area contributed by atoms with Crippen LogP contribution < -0.4 is 5.56 Å². The van der Waals surface area contributed by atoms with Crippen LogP contribution in [0.25, 0.3) is 28.7 Å². The number of sulfone groups is 1. The standard InChI is InChI=1S/C23H14ClN7O4S/c1-36(33,34)15-6-7-17(26-13-15)22-29-27-19(31(22)18-5-3-2-4-16(18)24)8-9-21-28-30-23(35-21)14-10-11-25-20(32)12-14/h2-7,10-13H,1H3,(H,25,32). The van der Waals surface area contributed by atoms with Gasteiger partial charge in [-0.25, -0.2) is 8.42 Å². The molecule has 1 aromatic carbocycles. The van der Waals surface area contributed by atoms with E-state index in [2.05, 4.69) is 42.2 Å². The lowest BCUT2D eigenvalue weighted by Gasteiger charge is -2.09. The molecule has 4 heterocycles. The fourth-order valence-electron chi connectivity index (χ4n) is 3.20. The number of halogens is 1. The molecule has 4 aromatic heterocycles. The van der Waals surface area contributed by atoms with Crippen LogP contribution in [0, 0.1) is 11.8 Å². The predicted octanol–water partition coefficient (Wildman–Crippen LogP) is 2.52. The topological polar surface area (TPSA) is 150 Å². The molecule has 5 rings (SSSR count). The maximum Gasteiger partial charge on any atom is 0.294 e. The van der Waals surface area contributed by atoms with Gasteiger partial charge in [0.15, 0.2) is 15.7 Å². The number of rotatable bonds is 4. The summed E-state index contributed by atoms with van der Waals surface area (Å²) in [6.07, 6.45) is 3.82. The maximum absolute atomic E-state index is 11.8. The van der Waals surface area contributed by atoms with Crippen molar-refractivity contribution in [2.45, 2.75) is 4.90 Å². The number of benzene rings is 1. The second kappa shape index (κ2) is 9.21. The monoisotopic (exact) mass is 519 g/mol. The molecule has 0 fully saturated rings. The second-order valence-electron chi connectivity index (χ2n) is 7.39. The molecule has 0 amide bonds. The summed E-state index contributed by atoms with van der Waals surface area (Å²) < 4.78 is 30.7. The Balaban J connectivity index is 1.58. The van der Waals surface area contributed by atoms with Crippen molar-refractivity contribution in [1.82, 2.24) is 34.9 Å². The van der Waals surface area contributed by atoms with E-state index in [1.54, 1.807) is 34.9 Å². The van der Waals surface area contributed by atoms with Crippen molar-refractivity contribution in [3.63, 3.8) is 0 Å². The highest BCUT2D eigenvalue weighted by molar-refractivity contribution is 7.90. The number of nitrogens with one attached hydrogen (secondary N) is 1. The van der Waals surface area contributed by atoms with Crippen molar-refractivity contribution in [1.29, 1.82) is 0 Å². The van der Waals surface area contributed by atoms with Crippen LogP contribution in [0.3, 0.4) is 0 Å². The summed E-state index contributed by atoms with van der Waals surface area (Å²) in [5.41, 5.74) is 1.03. The van der Waals surface area contributed by atoms with Gasteiger partial charge in [0.1, 0.15) is 5.69 Å². The molecular formula is C23H14ClN7O4S. The number of pyridine rings is 2. The Bertz CT molecular complexity index is 1810. The summed E-state index contributed by atoms with van der Waals surface area (Å²) >= 11 is 6.44. The quantitative estimate of drug-likeness (QED) is 0.353. The molecule has 0 aliphatic rings. The Morgan fingerprint density at radius 3 is 2.58 bits per heavy atom. The molecule has 0 aliphatic carbocycles. The Hall–Kier alpha value is -4.60. The van der Waals surface area contributed by atoms with Crippen molar-refractivity contribution in [3.05, 3.63) is 88.0 Å². The third-order valence-electron chi connectivity index (χ3n) is 4.88. The molecule has 36 heavy (non-hydrogen) atoms. The second-order valence-corrected chi connectivity index (χ2v) is 9.81. The largest absolute Gasteiger partial charge is 0.410 e. The van der Waals surface area contributed by atoms with Gasteiger partial charge in [-0.3, -0.25) is 14.3 Å². The Labute approximate surface area is 208 Å². The fraction of sp³-hybridized carbons (Fsp3) is 0.0435. The molecule has 0 radical (unpaired) electrons. The third-order valence-corrected chi connectivity index (χ3v) is 6.30. The minimum absolute atomic E-state index is 0.00355. The van der Waals surface area contributed by atoms with Gasteiger partial charge >= 0.3 is 0 Å². The predicted molar refractivity (Wildman–Crippen MR) is 129 cm³/mol. The summed E-state index contributed by atoms with van der Waals surface area (Å²) in [6.45, 7) is 0. The van der Waals surface area contributed by atoms with Gasteiger partial charge in [-0.05, 0) is 36.3 Å². The lowest BCUT2D eigenvalue weighted by molar-refractivity contribution is 0.554. The first-order chi connectivity index (χ1) is 17.3. The van der Waals surface area contributed by atoms with Crippen LogP contribution in [0.2, 0.25) is 5.02 Å². The van der Waals surface area contributed by atoms with Crippen LogP contribution in [0.1, 0.15) is 11.7 Å². The van der Waals surface area contributed by atoms with Crippen LogP contribution in [0.4, 0.5) is 0 Å². The summed E-state index contributed by atoms with van der Waals surface area (Å²) in [5, 5.41) is 16.6. The van der Waals surface area contributed by atoms with E-state index >= 15 is 0 Å². The average Bonchev–Trinajstić information content (AvgIpc) is 3.50. The van der Waals surface area contributed by atoms with Crippen molar-refractivity contribution in [2.75, 3.05) is 6.26 Å². The zero-order valence-electron chi connectivity index (χ0n) is 18.4. The lowest BCUT2D eigenvalue weighted by Crippen LogP contribution is -2.03. The van der Waals surface area contributed by atoms with Gasteiger partial charge in [0.25, 0.3) is 5.89 Å². The molecule has 11 nitrogen and oxygen atoms in total. The Morgan fingerprint density at radius 2 is 1.86 bits per heavy atom. The SMILES string of the molecule is CS(=O)(=O)c1ccc(-c2nnc(C#Cc3nnc(-c4cc[nH]c(=O)c4)o3)n2-c2ccccc2Cl)nc1. The number of aromatic amines is 1. The van der Waals surface area contributed by atoms with Gasteiger partial charge < -0.3 is 9.40 Å². The van der Waals surface area contributed by atoms with Gasteiger partial charge in [0.05, 0.1) is 15.6 Å². The van der Waals surface area contributed by atoms with Gasteiger partial charge in [-0.15, -0.1) is 15.3 Å². The van der Waals surface area contributed by atoms with E-state index in [0.29, 0.717) is 27.8 Å². The molecular weight excluding hydrogens is 506 g/mol. The summed E-state index contributed by atoms with van der Waals surface area (Å²) in [7, 11) is -3.42. The van der Waals surface area contributed by atoms with Gasteiger partial charge in [-0.2, -0.15) is 0 Å². The molecule has 178 valence electrons. The summed E-state index contributed by atoms with van der Waals surface area (Å²) in [6, 6.07) is 12.9. The van der Waals surface area contributed by atoms with Gasteiger partial charge in [0.2, 0.25) is 17.3 Å². The Kier molecular flexibility index (Phi) is 5.93. The molecule has 0 saturated heterocycles. The lowest BCUT2D eigenvalue weighted by atomic mass is 10.2. The summed E-state index contributed by atoms with van der Waals surface area (Å²) in [5.74, 6) is 6.22. The molecule has 13 heteroatoms. The minimum atomic E-state index is -3.42. The minimum Gasteiger partial charge on any atom is -0.410 e. The Morgan fingerprint density at radius 1 is 1.03 bits per heavy atom. The van der Waals surface area contributed by atoms with E-state index in [-0.39, 0.29) is 28.1 Å². The average molecular weight is 520 g/mol. The van der Waals surface area contributed by atoms with Crippen LogP contribution in [-0.2, 0) is 9.84 Å². The number of hydrogen-bond acceptors (Lipinski definition) is 9. The smallest absolute Gasteiger partial charge is 0.294 e. The highest BCUT2D eigenvalue weighted by Crippen LogP contribution is 2.27. The van der Waals surface area contributed by atoms with Crippen LogP contribution in [0.5, 0.6) is 0 Å². The van der Waals surface area contributed by atoms with E-state index in [9.17, 15) is 13.2 Å². The van der Waals surface area contributed by atoms with Crippen molar-refractivity contribution < 1.29 is 12.8 Å². The first-order valence-corrected chi connectivity index (χ1v) is 12.5. The highest BCUT2D eigenvalue weighted by atomic mass is 35.5. The third kappa shape index (κ3) is 4.65.